The van der Waals surface area contributed by atoms with Gasteiger partial charge < -0.3 is 5.73 Å². The maximum atomic E-state index is 12.7. The maximum Gasteiger partial charge on any atom is 0.242 e. The Labute approximate surface area is 124 Å². The van der Waals surface area contributed by atoms with Crippen molar-refractivity contribution in [2.75, 3.05) is 0 Å². The number of fused-ring (bicyclic) bond motifs is 1. The van der Waals surface area contributed by atoms with E-state index in [1.54, 1.807) is 38.1 Å². The lowest BCUT2D eigenvalue weighted by Crippen LogP contribution is -2.54. The molecule has 0 fully saturated rings. The monoisotopic (exact) mass is 305 g/mol. The topological polar surface area (TPSA) is 96.0 Å². The first-order chi connectivity index (χ1) is 9.80. The summed E-state index contributed by atoms with van der Waals surface area (Å²) in [6.45, 7) is 3.39. The molecule has 6 heteroatoms. The standard InChI is InChI=1S/C15H19N3O2S/c1-3-15(2,14(16)17)18-21(19,20)13-10-6-8-11-7-4-5-9-12(11)13/h4-10,18H,3H2,1-2H3,(H3,16,17). The van der Waals surface area contributed by atoms with Crippen LogP contribution in [0.2, 0.25) is 0 Å². The minimum Gasteiger partial charge on any atom is -0.386 e. The molecule has 0 aliphatic carbocycles. The fourth-order valence-electron chi connectivity index (χ4n) is 2.10. The lowest BCUT2D eigenvalue weighted by atomic mass is 10.00. The minimum atomic E-state index is -3.77. The highest BCUT2D eigenvalue weighted by Gasteiger charge is 2.32. The molecule has 0 saturated carbocycles. The zero-order chi connectivity index (χ0) is 15.7. The lowest BCUT2D eigenvalue weighted by molar-refractivity contribution is 0.506. The molecule has 0 saturated heterocycles. The molecule has 112 valence electrons. The summed E-state index contributed by atoms with van der Waals surface area (Å²) in [7, 11) is -3.77. The summed E-state index contributed by atoms with van der Waals surface area (Å²) in [5, 5.41) is 9.10. The zero-order valence-corrected chi connectivity index (χ0v) is 12.9. The van der Waals surface area contributed by atoms with Gasteiger partial charge in [0.25, 0.3) is 0 Å². The number of hydrogen-bond acceptors (Lipinski definition) is 3. The van der Waals surface area contributed by atoms with Gasteiger partial charge in [0.15, 0.2) is 0 Å². The molecule has 2 aromatic rings. The van der Waals surface area contributed by atoms with Crippen molar-refractivity contribution in [2.24, 2.45) is 5.73 Å². The summed E-state index contributed by atoms with van der Waals surface area (Å²) in [5.41, 5.74) is 4.45. The molecule has 2 aromatic carbocycles. The molecule has 0 bridgehead atoms. The molecular weight excluding hydrogens is 286 g/mol. The van der Waals surface area contributed by atoms with Crippen LogP contribution < -0.4 is 10.5 Å². The van der Waals surface area contributed by atoms with Gasteiger partial charge in [0.2, 0.25) is 10.0 Å². The van der Waals surface area contributed by atoms with Crippen LogP contribution in [0.5, 0.6) is 0 Å². The summed E-state index contributed by atoms with van der Waals surface area (Å²) in [6, 6.07) is 12.4. The van der Waals surface area contributed by atoms with E-state index < -0.39 is 15.6 Å². The molecule has 0 spiro atoms. The Hall–Kier alpha value is -1.92. The molecule has 0 heterocycles. The zero-order valence-electron chi connectivity index (χ0n) is 12.1. The molecule has 0 amide bonds. The average Bonchev–Trinajstić information content (AvgIpc) is 2.45. The van der Waals surface area contributed by atoms with E-state index in [0.29, 0.717) is 11.8 Å². The first-order valence-electron chi connectivity index (χ1n) is 6.66. The Bertz CT molecular complexity index is 781. The Morgan fingerprint density at radius 3 is 2.48 bits per heavy atom. The highest BCUT2D eigenvalue weighted by Crippen LogP contribution is 2.24. The third-order valence-electron chi connectivity index (χ3n) is 3.70. The number of hydrogen-bond donors (Lipinski definition) is 3. The van der Waals surface area contributed by atoms with Crippen LogP contribution in [0.15, 0.2) is 47.4 Å². The predicted octanol–water partition coefficient (Wildman–Crippen LogP) is 2.22. The van der Waals surface area contributed by atoms with E-state index in [1.165, 1.54) is 0 Å². The van der Waals surface area contributed by atoms with Crippen molar-refractivity contribution in [3.63, 3.8) is 0 Å². The highest BCUT2D eigenvalue weighted by atomic mass is 32.2. The largest absolute Gasteiger partial charge is 0.386 e. The smallest absolute Gasteiger partial charge is 0.242 e. The molecular formula is C15H19N3O2S. The van der Waals surface area contributed by atoms with Crippen molar-refractivity contribution in [1.82, 2.24) is 4.72 Å². The predicted molar refractivity (Wildman–Crippen MR) is 84.9 cm³/mol. The molecule has 2 rings (SSSR count). The van der Waals surface area contributed by atoms with Gasteiger partial charge in [-0.3, -0.25) is 5.41 Å². The van der Waals surface area contributed by atoms with Crippen molar-refractivity contribution < 1.29 is 8.42 Å². The second-order valence-electron chi connectivity index (χ2n) is 5.18. The molecule has 21 heavy (non-hydrogen) atoms. The van der Waals surface area contributed by atoms with Crippen molar-refractivity contribution in [3.05, 3.63) is 42.5 Å². The second-order valence-corrected chi connectivity index (χ2v) is 6.83. The van der Waals surface area contributed by atoms with Gasteiger partial charge in [0.05, 0.1) is 10.4 Å². The number of amidine groups is 1. The second kappa shape index (κ2) is 5.46. The first kappa shape index (κ1) is 15.5. The summed E-state index contributed by atoms with van der Waals surface area (Å²) >= 11 is 0. The fourth-order valence-corrected chi connectivity index (χ4v) is 3.79. The Kier molecular flexibility index (Phi) is 4.02. The number of rotatable bonds is 5. The quantitative estimate of drug-likeness (QED) is 0.584. The van der Waals surface area contributed by atoms with Crippen molar-refractivity contribution in [2.45, 2.75) is 30.7 Å². The third-order valence-corrected chi connectivity index (χ3v) is 5.35. The van der Waals surface area contributed by atoms with E-state index in [9.17, 15) is 8.42 Å². The molecule has 1 atom stereocenters. The van der Waals surface area contributed by atoms with Gasteiger partial charge >= 0.3 is 0 Å². The van der Waals surface area contributed by atoms with Gasteiger partial charge in [0, 0.05) is 5.39 Å². The minimum absolute atomic E-state index is 0.196. The van der Waals surface area contributed by atoms with E-state index in [1.807, 2.05) is 18.2 Å². The van der Waals surface area contributed by atoms with Crippen molar-refractivity contribution >= 4 is 26.6 Å². The number of sulfonamides is 1. The van der Waals surface area contributed by atoms with Crippen LogP contribution in [-0.2, 0) is 10.0 Å². The molecule has 0 aliphatic rings. The molecule has 0 aromatic heterocycles. The Morgan fingerprint density at radius 1 is 1.24 bits per heavy atom. The Morgan fingerprint density at radius 2 is 1.86 bits per heavy atom. The van der Waals surface area contributed by atoms with Gasteiger partial charge in [-0.25, -0.2) is 8.42 Å². The number of nitrogens with two attached hydrogens (primary N) is 1. The molecule has 4 N–H and O–H groups in total. The third kappa shape index (κ3) is 2.91. The van der Waals surface area contributed by atoms with Crippen LogP contribution >= 0.6 is 0 Å². The van der Waals surface area contributed by atoms with Crippen molar-refractivity contribution in [1.29, 1.82) is 5.41 Å². The van der Waals surface area contributed by atoms with Gasteiger partial charge in [-0.1, -0.05) is 43.3 Å². The molecule has 0 radical (unpaired) electrons. The molecule has 0 aliphatic heterocycles. The van der Waals surface area contributed by atoms with Crippen LogP contribution in [0, 0.1) is 5.41 Å². The summed E-state index contributed by atoms with van der Waals surface area (Å²) in [4.78, 5) is 0.196. The fraction of sp³-hybridized carbons (Fsp3) is 0.267. The number of benzene rings is 2. The van der Waals surface area contributed by atoms with Crippen LogP contribution in [0.25, 0.3) is 10.8 Å². The van der Waals surface area contributed by atoms with Gasteiger partial charge in [-0.05, 0) is 24.8 Å². The summed E-state index contributed by atoms with van der Waals surface area (Å²) < 4.78 is 27.9. The maximum absolute atomic E-state index is 12.7. The van der Waals surface area contributed by atoms with E-state index >= 15 is 0 Å². The molecule has 1 unspecified atom stereocenters. The molecule has 5 nitrogen and oxygen atoms in total. The van der Waals surface area contributed by atoms with E-state index in [0.717, 1.165) is 5.39 Å². The SMILES string of the molecule is CCC(C)(NS(=O)(=O)c1cccc2ccccc12)C(=N)N. The van der Waals surface area contributed by atoms with Crippen LogP contribution in [0.1, 0.15) is 20.3 Å². The highest BCUT2D eigenvalue weighted by molar-refractivity contribution is 7.89. The van der Waals surface area contributed by atoms with Gasteiger partial charge in [0.1, 0.15) is 5.84 Å². The first-order valence-corrected chi connectivity index (χ1v) is 8.15. The van der Waals surface area contributed by atoms with Crippen LogP contribution in [-0.4, -0.2) is 19.8 Å². The number of nitrogens with one attached hydrogen (secondary N) is 2. The van der Waals surface area contributed by atoms with E-state index in [2.05, 4.69) is 4.72 Å². The van der Waals surface area contributed by atoms with Crippen LogP contribution in [0.3, 0.4) is 0 Å². The lowest BCUT2D eigenvalue weighted by Gasteiger charge is -2.28. The Balaban J connectivity index is 2.55. The van der Waals surface area contributed by atoms with E-state index in [-0.39, 0.29) is 10.7 Å². The van der Waals surface area contributed by atoms with Crippen LogP contribution in [0.4, 0.5) is 0 Å². The van der Waals surface area contributed by atoms with Gasteiger partial charge in [-0.15, -0.1) is 0 Å². The van der Waals surface area contributed by atoms with Crippen molar-refractivity contribution in [3.8, 4) is 0 Å². The van der Waals surface area contributed by atoms with E-state index in [4.69, 9.17) is 11.1 Å². The van der Waals surface area contributed by atoms with Gasteiger partial charge in [-0.2, -0.15) is 4.72 Å². The average molecular weight is 305 g/mol. The normalized spacial score (nSPS) is 14.8. The summed E-state index contributed by atoms with van der Waals surface area (Å²) in [5.74, 6) is -0.200. The summed E-state index contributed by atoms with van der Waals surface area (Å²) in [6.07, 6.45) is 0.395.